The maximum atomic E-state index is 11.8. The molecule has 0 radical (unpaired) electrons. The van der Waals surface area contributed by atoms with Crippen molar-refractivity contribution in [3.8, 4) is 0 Å². The Kier molecular flexibility index (Phi) is 4.02. The number of hydrogen-bond acceptors (Lipinski definition) is 3. The molecule has 2 heterocycles. The molecule has 21 heavy (non-hydrogen) atoms. The van der Waals surface area contributed by atoms with Crippen LogP contribution in [0.1, 0.15) is 38.3 Å². The van der Waals surface area contributed by atoms with Crippen molar-refractivity contribution in [2.24, 2.45) is 11.3 Å². The van der Waals surface area contributed by atoms with E-state index in [0.29, 0.717) is 12.6 Å². The van der Waals surface area contributed by atoms with E-state index in [9.17, 15) is 9.90 Å². The van der Waals surface area contributed by atoms with Crippen LogP contribution in [0.2, 0.25) is 0 Å². The first-order valence-corrected chi connectivity index (χ1v) is 8.72. The van der Waals surface area contributed by atoms with E-state index in [1.807, 2.05) is 25.6 Å². The lowest BCUT2D eigenvalue weighted by Crippen LogP contribution is -2.40. The number of aliphatic carboxylic acids is 1. The summed E-state index contributed by atoms with van der Waals surface area (Å²) >= 11 is 1.92. The summed E-state index contributed by atoms with van der Waals surface area (Å²) < 4.78 is 0. The Balaban J connectivity index is 1.86. The van der Waals surface area contributed by atoms with Crippen molar-refractivity contribution in [2.75, 3.05) is 18.8 Å². The number of thioether (sulfide) groups is 1. The molecule has 1 aromatic rings. The van der Waals surface area contributed by atoms with Gasteiger partial charge in [-0.05, 0) is 42.7 Å². The van der Waals surface area contributed by atoms with Gasteiger partial charge >= 0.3 is 5.97 Å². The third-order valence-corrected chi connectivity index (χ3v) is 6.35. The minimum absolute atomic E-state index is 0.174. The van der Waals surface area contributed by atoms with Crippen molar-refractivity contribution >= 4 is 17.7 Å². The molecule has 0 aromatic heterocycles. The Bertz CT molecular complexity index is 545. The van der Waals surface area contributed by atoms with E-state index >= 15 is 0 Å². The van der Waals surface area contributed by atoms with Crippen molar-refractivity contribution in [2.45, 2.75) is 37.6 Å². The molecule has 1 saturated heterocycles. The normalized spacial score (nSPS) is 29.6. The minimum Gasteiger partial charge on any atom is -0.481 e. The van der Waals surface area contributed by atoms with Gasteiger partial charge in [-0.3, -0.25) is 9.69 Å². The zero-order valence-corrected chi connectivity index (χ0v) is 13.5. The molecule has 2 unspecified atom stereocenters. The van der Waals surface area contributed by atoms with Gasteiger partial charge in [-0.25, -0.2) is 0 Å². The van der Waals surface area contributed by atoms with E-state index in [1.54, 1.807) is 0 Å². The highest BCUT2D eigenvalue weighted by atomic mass is 32.2. The van der Waals surface area contributed by atoms with Gasteiger partial charge in [0.15, 0.2) is 0 Å². The standard InChI is InChI=1S/C17H23NO2S/c1-12(2)17(16(19)20)8-9-18(11-17)14-7-10-21-15-6-4-3-5-13(14)15/h3-6,12,14H,7-11H2,1-2H3,(H,19,20). The first kappa shape index (κ1) is 14.9. The Morgan fingerprint density at radius 2 is 2.19 bits per heavy atom. The molecule has 2 aliphatic rings. The van der Waals surface area contributed by atoms with Crippen LogP contribution in [0.15, 0.2) is 29.2 Å². The van der Waals surface area contributed by atoms with E-state index in [2.05, 4.69) is 29.2 Å². The molecular formula is C17H23NO2S. The number of carbonyl (C=O) groups is 1. The summed E-state index contributed by atoms with van der Waals surface area (Å²) in [4.78, 5) is 15.6. The summed E-state index contributed by atoms with van der Waals surface area (Å²) in [5.74, 6) is 0.673. The number of fused-ring (bicyclic) bond motifs is 1. The Labute approximate surface area is 130 Å². The summed E-state index contributed by atoms with van der Waals surface area (Å²) in [6, 6.07) is 8.98. The van der Waals surface area contributed by atoms with E-state index in [4.69, 9.17) is 0 Å². The molecule has 0 spiro atoms. The fourth-order valence-electron chi connectivity index (χ4n) is 3.72. The zero-order valence-electron chi connectivity index (χ0n) is 12.7. The SMILES string of the molecule is CC(C)C1(C(=O)O)CCN(C2CCSc3ccccc32)C1. The van der Waals surface area contributed by atoms with Gasteiger partial charge in [-0.1, -0.05) is 32.0 Å². The molecule has 0 bridgehead atoms. The van der Waals surface area contributed by atoms with Crippen molar-refractivity contribution < 1.29 is 9.90 Å². The van der Waals surface area contributed by atoms with Crippen LogP contribution in [0.25, 0.3) is 0 Å². The predicted octanol–water partition coefficient (Wildman–Crippen LogP) is 3.66. The number of hydrogen-bond donors (Lipinski definition) is 1. The second kappa shape index (κ2) is 5.65. The van der Waals surface area contributed by atoms with E-state index in [-0.39, 0.29) is 5.92 Å². The van der Waals surface area contributed by atoms with E-state index in [0.717, 1.165) is 25.1 Å². The molecule has 4 heteroatoms. The van der Waals surface area contributed by atoms with Crippen molar-refractivity contribution in [1.29, 1.82) is 0 Å². The number of carboxylic acid groups (broad SMARTS) is 1. The largest absolute Gasteiger partial charge is 0.481 e. The van der Waals surface area contributed by atoms with Crippen molar-refractivity contribution in [3.05, 3.63) is 29.8 Å². The summed E-state index contributed by atoms with van der Waals surface area (Å²) in [6.07, 6.45) is 1.89. The molecule has 3 nitrogen and oxygen atoms in total. The number of benzene rings is 1. The number of nitrogens with zero attached hydrogens (tertiary/aromatic N) is 1. The molecule has 1 fully saturated rings. The van der Waals surface area contributed by atoms with Crippen LogP contribution in [0, 0.1) is 11.3 Å². The second-order valence-electron chi connectivity index (χ2n) is 6.53. The zero-order chi connectivity index (χ0) is 15.0. The lowest BCUT2D eigenvalue weighted by Gasteiger charge is -2.35. The maximum absolute atomic E-state index is 11.8. The fraction of sp³-hybridized carbons (Fsp3) is 0.588. The maximum Gasteiger partial charge on any atom is 0.311 e. The molecule has 1 aromatic carbocycles. The van der Waals surface area contributed by atoms with Gasteiger partial charge in [-0.2, -0.15) is 0 Å². The minimum atomic E-state index is -0.626. The van der Waals surface area contributed by atoms with Gasteiger partial charge in [0.05, 0.1) is 5.41 Å². The van der Waals surface area contributed by atoms with Crippen LogP contribution < -0.4 is 0 Å². The van der Waals surface area contributed by atoms with E-state index < -0.39 is 11.4 Å². The van der Waals surface area contributed by atoms with E-state index in [1.165, 1.54) is 10.5 Å². The van der Waals surface area contributed by atoms with Crippen molar-refractivity contribution in [1.82, 2.24) is 4.90 Å². The van der Waals surface area contributed by atoms with Gasteiger partial charge < -0.3 is 5.11 Å². The number of carboxylic acids is 1. The molecule has 1 N–H and O–H groups in total. The fourth-order valence-corrected chi connectivity index (χ4v) is 4.83. The average molecular weight is 305 g/mol. The van der Waals surface area contributed by atoms with Gasteiger partial charge in [0, 0.05) is 17.5 Å². The Hall–Kier alpha value is -1.00. The Morgan fingerprint density at radius 3 is 2.86 bits per heavy atom. The summed E-state index contributed by atoms with van der Waals surface area (Å²) in [5, 5.41) is 9.71. The highest BCUT2D eigenvalue weighted by molar-refractivity contribution is 7.99. The van der Waals surface area contributed by atoms with Crippen LogP contribution in [0.5, 0.6) is 0 Å². The van der Waals surface area contributed by atoms with Crippen LogP contribution in [0.4, 0.5) is 0 Å². The molecule has 114 valence electrons. The lowest BCUT2D eigenvalue weighted by molar-refractivity contribution is -0.151. The van der Waals surface area contributed by atoms with Gasteiger partial charge in [0.2, 0.25) is 0 Å². The van der Waals surface area contributed by atoms with Crippen LogP contribution in [-0.4, -0.2) is 34.8 Å². The number of likely N-dealkylation sites (tertiary alicyclic amines) is 1. The highest BCUT2D eigenvalue weighted by Crippen LogP contribution is 2.45. The molecule has 3 rings (SSSR count). The first-order valence-electron chi connectivity index (χ1n) is 7.74. The molecule has 2 aliphatic heterocycles. The third kappa shape index (κ3) is 2.49. The quantitative estimate of drug-likeness (QED) is 0.925. The molecule has 0 saturated carbocycles. The Morgan fingerprint density at radius 1 is 1.43 bits per heavy atom. The summed E-state index contributed by atoms with van der Waals surface area (Å²) in [6.45, 7) is 5.67. The predicted molar refractivity (Wildman–Crippen MR) is 85.6 cm³/mol. The molecule has 2 atom stereocenters. The summed E-state index contributed by atoms with van der Waals surface area (Å²) in [5.41, 5.74) is 0.818. The van der Waals surface area contributed by atoms with Crippen LogP contribution in [0.3, 0.4) is 0 Å². The molecule has 0 aliphatic carbocycles. The van der Waals surface area contributed by atoms with Crippen LogP contribution in [-0.2, 0) is 4.79 Å². The van der Waals surface area contributed by atoms with Gasteiger partial charge in [0.25, 0.3) is 0 Å². The summed E-state index contributed by atoms with van der Waals surface area (Å²) in [7, 11) is 0. The average Bonchev–Trinajstić information content (AvgIpc) is 2.93. The molecule has 0 amide bonds. The first-order chi connectivity index (χ1) is 10.0. The van der Waals surface area contributed by atoms with Crippen LogP contribution >= 0.6 is 11.8 Å². The highest BCUT2D eigenvalue weighted by Gasteiger charge is 2.49. The second-order valence-corrected chi connectivity index (χ2v) is 7.66. The van der Waals surface area contributed by atoms with Gasteiger partial charge in [0.1, 0.15) is 0 Å². The van der Waals surface area contributed by atoms with Gasteiger partial charge in [-0.15, -0.1) is 11.8 Å². The lowest BCUT2D eigenvalue weighted by atomic mass is 9.76. The third-order valence-electron chi connectivity index (χ3n) is 5.23. The topological polar surface area (TPSA) is 40.5 Å². The monoisotopic (exact) mass is 305 g/mol. The van der Waals surface area contributed by atoms with Crippen molar-refractivity contribution in [3.63, 3.8) is 0 Å². The molecular weight excluding hydrogens is 282 g/mol. The smallest absolute Gasteiger partial charge is 0.311 e. The number of rotatable bonds is 3.